The standard InChI is InChI=1S/C19H22N2O5S2/c1-12(19(23)21(3)10-14-5-4-8-26-14)11-28(24,25)15-6-7-17-16(9-15)20-18(22)13(2)27-17/h4-9,12-13H,10-11H2,1-3H3,(H,20,22). The highest BCUT2D eigenvalue weighted by Crippen LogP contribution is 2.37. The molecule has 1 aliphatic rings. The van der Waals surface area contributed by atoms with E-state index in [1.165, 1.54) is 35.1 Å². The molecular weight excluding hydrogens is 400 g/mol. The molecule has 0 spiro atoms. The fourth-order valence-electron chi connectivity index (χ4n) is 2.97. The van der Waals surface area contributed by atoms with Gasteiger partial charge in [0.25, 0.3) is 0 Å². The van der Waals surface area contributed by atoms with E-state index >= 15 is 0 Å². The largest absolute Gasteiger partial charge is 0.467 e. The molecule has 1 aromatic heterocycles. The quantitative estimate of drug-likeness (QED) is 0.769. The Kier molecular flexibility index (Phi) is 5.85. The van der Waals surface area contributed by atoms with Crippen LogP contribution in [0.15, 0.2) is 50.8 Å². The van der Waals surface area contributed by atoms with Crippen molar-refractivity contribution in [3.63, 3.8) is 0 Å². The van der Waals surface area contributed by atoms with Gasteiger partial charge < -0.3 is 14.6 Å². The zero-order chi connectivity index (χ0) is 20.5. The van der Waals surface area contributed by atoms with Gasteiger partial charge in [0, 0.05) is 17.9 Å². The number of fused-ring (bicyclic) bond motifs is 1. The van der Waals surface area contributed by atoms with E-state index < -0.39 is 15.8 Å². The molecule has 0 bridgehead atoms. The van der Waals surface area contributed by atoms with Gasteiger partial charge >= 0.3 is 0 Å². The Morgan fingerprint density at radius 1 is 1.36 bits per heavy atom. The summed E-state index contributed by atoms with van der Waals surface area (Å²) in [5, 5.41) is 2.51. The predicted molar refractivity (Wildman–Crippen MR) is 107 cm³/mol. The maximum absolute atomic E-state index is 12.8. The summed E-state index contributed by atoms with van der Waals surface area (Å²) < 4.78 is 30.8. The molecule has 2 atom stereocenters. The smallest absolute Gasteiger partial charge is 0.237 e. The minimum absolute atomic E-state index is 0.0926. The van der Waals surface area contributed by atoms with Crippen molar-refractivity contribution in [2.24, 2.45) is 5.92 Å². The van der Waals surface area contributed by atoms with E-state index in [2.05, 4.69) is 5.32 Å². The predicted octanol–water partition coefficient (Wildman–Crippen LogP) is 2.78. The molecule has 1 N–H and O–H groups in total. The summed E-state index contributed by atoms with van der Waals surface area (Å²) in [5.41, 5.74) is 0.489. The molecule has 28 heavy (non-hydrogen) atoms. The van der Waals surface area contributed by atoms with Crippen LogP contribution >= 0.6 is 11.8 Å². The number of rotatable bonds is 6. The number of nitrogens with zero attached hydrogens (tertiary/aromatic N) is 1. The van der Waals surface area contributed by atoms with Crippen LogP contribution in [-0.4, -0.2) is 43.2 Å². The average molecular weight is 423 g/mol. The van der Waals surface area contributed by atoms with Crippen LogP contribution in [0.1, 0.15) is 19.6 Å². The first-order chi connectivity index (χ1) is 13.2. The van der Waals surface area contributed by atoms with Crippen LogP contribution in [0.3, 0.4) is 0 Å². The molecule has 7 nitrogen and oxygen atoms in total. The first kappa shape index (κ1) is 20.5. The number of anilines is 1. The van der Waals surface area contributed by atoms with Gasteiger partial charge in [-0.15, -0.1) is 11.8 Å². The zero-order valence-electron chi connectivity index (χ0n) is 15.8. The van der Waals surface area contributed by atoms with Crippen molar-refractivity contribution < 1.29 is 22.4 Å². The van der Waals surface area contributed by atoms with Gasteiger partial charge in [0.05, 0.1) is 34.4 Å². The molecule has 9 heteroatoms. The molecule has 2 aromatic rings. The first-order valence-corrected chi connectivity index (χ1v) is 11.3. The highest BCUT2D eigenvalue weighted by molar-refractivity contribution is 8.01. The summed E-state index contributed by atoms with van der Waals surface area (Å²) in [7, 11) is -2.08. The molecule has 0 aliphatic carbocycles. The van der Waals surface area contributed by atoms with Gasteiger partial charge in [-0.2, -0.15) is 0 Å². The van der Waals surface area contributed by atoms with Crippen LogP contribution in [-0.2, 0) is 26.0 Å². The third kappa shape index (κ3) is 4.41. The van der Waals surface area contributed by atoms with Crippen LogP contribution in [0.4, 0.5) is 5.69 Å². The van der Waals surface area contributed by atoms with E-state index in [-0.39, 0.29) is 34.3 Å². The number of hydrogen-bond acceptors (Lipinski definition) is 6. The second kappa shape index (κ2) is 8.00. The van der Waals surface area contributed by atoms with Gasteiger partial charge in [-0.25, -0.2) is 8.42 Å². The minimum Gasteiger partial charge on any atom is -0.467 e. The lowest BCUT2D eigenvalue weighted by Crippen LogP contribution is -2.34. The monoisotopic (exact) mass is 422 g/mol. The average Bonchev–Trinajstić information content (AvgIpc) is 3.14. The van der Waals surface area contributed by atoms with Crippen molar-refractivity contribution >= 4 is 39.1 Å². The van der Waals surface area contributed by atoms with Crippen LogP contribution < -0.4 is 5.32 Å². The van der Waals surface area contributed by atoms with E-state index in [9.17, 15) is 18.0 Å². The van der Waals surface area contributed by atoms with Gasteiger partial charge in [-0.3, -0.25) is 9.59 Å². The number of thioether (sulfide) groups is 1. The zero-order valence-corrected chi connectivity index (χ0v) is 17.5. The Balaban J connectivity index is 1.71. The Hall–Kier alpha value is -2.26. The third-order valence-electron chi connectivity index (χ3n) is 4.48. The molecule has 0 saturated carbocycles. The number of nitrogens with one attached hydrogen (secondary N) is 1. The van der Waals surface area contributed by atoms with E-state index in [4.69, 9.17) is 4.42 Å². The second-order valence-electron chi connectivity index (χ2n) is 6.86. The Bertz CT molecular complexity index is 986. The fourth-order valence-corrected chi connectivity index (χ4v) is 5.46. The van der Waals surface area contributed by atoms with E-state index in [1.807, 2.05) is 0 Å². The van der Waals surface area contributed by atoms with E-state index in [0.29, 0.717) is 11.4 Å². The molecule has 3 rings (SSSR count). The van der Waals surface area contributed by atoms with Crippen LogP contribution in [0.2, 0.25) is 0 Å². The minimum atomic E-state index is -3.70. The number of benzene rings is 1. The second-order valence-corrected chi connectivity index (χ2v) is 10.3. The normalized spacial score (nSPS) is 17.5. The summed E-state index contributed by atoms with van der Waals surface area (Å²) >= 11 is 1.39. The van der Waals surface area contributed by atoms with Crippen molar-refractivity contribution in [2.75, 3.05) is 18.1 Å². The Labute approximate surface area is 168 Å². The van der Waals surface area contributed by atoms with Gasteiger partial charge in [0.1, 0.15) is 5.76 Å². The SMILES string of the molecule is CC(CS(=O)(=O)c1ccc2c(c1)NC(=O)C(C)S2)C(=O)N(C)Cc1ccco1. The lowest BCUT2D eigenvalue weighted by atomic mass is 10.2. The summed E-state index contributed by atoms with van der Waals surface area (Å²) in [5.74, 6) is -0.844. The molecule has 150 valence electrons. The molecule has 1 aliphatic heterocycles. The van der Waals surface area contributed by atoms with Gasteiger partial charge in [0.15, 0.2) is 9.84 Å². The highest BCUT2D eigenvalue weighted by atomic mass is 32.2. The summed E-state index contributed by atoms with van der Waals surface area (Å²) in [6.07, 6.45) is 1.52. The van der Waals surface area contributed by atoms with Crippen molar-refractivity contribution in [3.8, 4) is 0 Å². The molecule has 2 unspecified atom stereocenters. The summed E-state index contributed by atoms with van der Waals surface area (Å²) in [4.78, 5) is 26.8. The van der Waals surface area contributed by atoms with E-state index in [1.54, 1.807) is 39.1 Å². The topological polar surface area (TPSA) is 96.7 Å². The molecule has 2 amide bonds. The number of amides is 2. The number of furan rings is 1. The highest BCUT2D eigenvalue weighted by Gasteiger charge is 2.28. The van der Waals surface area contributed by atoms with Gasteiger partial charge in [0.2, 0.25) is 11.8 Å². The molecule has 0 saturated heterocycles. The van der Waals surface area contributed by atoms with Crippen molar-refractivity contribution in [1.82, 2.24) is 4.90 Å². The van der Waals surface area contributed by atoms with Crippen molar-refractivity contribution in [2.45, 2.75) is 35.4 Å². The van der Waals surface area contributed by atoms with Crippen LogP contribution in [0.25, 0.3) is 0 Å². The molecule has 0 radical (unpaired) electrons. The lowest BCUT2D eigenvalue weighted by molar-refractivity contribution is -0.133. The van der Waals surface area contributed by atoms with E-state index in [0.717, 1.165) is 4.90 Å². The lowest BCUT2D eigenvalue weighted by Gasteiger charge is -2.23. The van der Waals surface area contributed by atoms with Gasteiger partial charge in [-0.1, -0.05) is 6.92 Å². The summed E-state index contributed by atoms with van der Waals surface area (Å²) in [6.45, 7) is 3.66. The van der Waals surface area contributed by atoms with Crippen LogP contribution in [0, 0.1) is 5.92 Å². The fraction of sp³-hybridized carbons (Fsp3) is 0.368. The van der Waals surface area contributed by atoms with Crippen molar-refractivity contribution in [1.29, 1.82) is 0 Å². The number of carbonyl (C=O) groups excluding carboxylic acids is 2. The van der Waals surface area contributed by atoms with Crippen molar-refractivity contribution in [3.05, 3.63) is 42.4 Å². The maximum Gasteiger partial charge on any atom is 0.237 e. The van der Waals surface area contributed by atoms with Gasteiger partial charge in [-0.05, 0) is 37.3 Å². The number of hydrogen-bond donors (Lipinski definition) is 1. The third-order valence-corrected chi connectivity index (χ3v) is 7.57. The molecule has 1 aromatic carbocycles. The number of sulfone groups is 1. The Morgan fingerprint density at radius 3 is 2.79 bits per heavy atom. The summed E-state index contributed by atoms with van der Waals surface area (Å²) in [6, 6.07) is 8.17. The Morgan fingerprint density at radius 2 is 2.11 bits per heavy atom. The number of carbonyl (C=O) groups is 2. The molecular formula is C19H22N2O5S2. The van der Waals surface area contributed by atoms with Crippen LogP contribution in [0.5, 0.6) is 0 Å². The molecule has 0 fully saturated rings. The first-order valence-electron chi connectivity index (χ1n) is 8.79. The maximum atomic E-state index is 12.8. The molecule has 2 heterocycles.